The van der Waals surface area contributed by atoms with Crippen molar-refractivity contribution >= 4 is 28.1 Å². The van der Waals surface area contributed by atoms with Crippen molar-refractivity contribution < 1.29 is 9.53 Å². The van der Waals surface area contributed by atoms with Gasteiger partial charge in [0.2, 0.25) is 0 Å². The molecule has 3 heterocycles. The maximum absolute atomic E-state index is 13.0. The van der Waals surface area contributed by atoms with Crippen LogP contribution in [0.5, 0.6) is 5.75 Å². The summed E-state index contributed by atoms with van der Waals surface area (Å²) in [6.45, 7) is 1.39. The van der Waals surface area contributed by atoms with E-state index in [1.54, 1.807) is 18.4 Å². The Bertz CT molecular complexity index is 1230. The first kappa shape index (κ1) is 19.6. The highest BCUT2D eigenvalue weighted by Gasteiger charge is 2.27. The molecule has 31 heavy (non-hydrogen) atoms. The summed E-state index contributed by atoms with van der Waals surface area (Å²) in [5.74, 6) is 1.11. The van der Waals surface area contributed by atoms with Gasteiger partial charge in [-0.15, -0.1) is 10.2 Å². The number of hydrogen-bond donors (Lipinski definition) is 0. The van der Waals surface area contributed by atoms with Gasteiger partial charge in [0.05, 0.1) is 18.2 Å². The Morgan fingerprint density at radius 3 is 2.61 bits per heavy atom. The monoisotopic (exact) mass is 430 g/mol. The lowest BCUT2D eigenvalue weighted by atomic mass is 9.97. The number of hydrogen-bond acceptors (Lipinski definition) is 6. The maximum atomic E-state index is 13.0. The minimum atomic E-state index is -0.00354. The minimum Gasteiger partial charge on any atom is -0.496 e. The molecule has 0 unspecified atom stereocenters. The van der Waals surface area contributed by atoms with E-state index >= 15 is 0 Å². The Morgan fingerprint density at radius 2 is 1.77 bits per heavy atom. The van der Waals surface area contributed by atoms with Gasteiger partial charge in [-0.1, -0.05) is 47.7 Å². The molecular weight excluding hydrogens is 408 g/mol. The highest BCUT2D eigenvalue weighted by molar-refractivity contribution is 7.14. The van der Waals surface area contributed by atoms with Crippen LogP contribution in [0.3, 0.4) is 0 Å². The summed E-state index contributed by atoms with van der Waals surface area (Å²) in [6.07, 6.45) is 1.75. The number of fused-ring (bicyclic) bond motifs is 1. The molecule has 1 amide bonds. The number of ether oxygens (including phenoxy) is 1. The molecule has 0 atom stereocenters. The number of nitrogens with zero attached hydrogens (tertiary/aromatic N) is 4. The molecule has 1 aliphatic rings. The molecule has 0 N–H and O–H groups in total. The number of aromatic nitrogens is 3. The summed E-state index contributed by atoms with van der Waals surface area (Å²) in [5, 5.41) is 11.8. The number of likely N-dealkylation sites (tertiary alicyclic amines) is 1. The van der Waals surface area contributed by atoms with E-state index in [2.05, 4.69) is 15.2 Å². The SMILES string of the molecule is COc1ccccc1-c1nnc(C2CCN(C(=O)c3ccc4ccccc4n3)CC2)s1. The van der Waals surface area contributed by atoms with Gasteiger partial charge in [0.1, 0.15) is 16.5 Å². The van der Waals surface area contributed by atoms with Crippen molar-refractivity contribution in [2.24, 2.45) is 0 Å². The van der Waals surface area contributed by atoms with Crippen molar-refractivity contribution in [1.29, 1.82) is 0 Å². The van der Waals surface area contributed by atoms with E-state index in [0.717, 1.165) is 45.1 Å². The number of para-hydroxylation sites is 2. The number of amides is 1. The van der Waals surface area contributed by atoms with E-state index in [1.807, 2.05) is 65.6 Å². The number of benzene rings is 2. The molecule has 0 spiro atoms. The lowest BCUT2D eigenvalue weighted by Gasteiger charge is -2.30. The summed E-state index contributed by atoms with van der Waals surface area (Å²) >= 11 is 1.61. The fourth-order valence-electron chi connectivity index (χ4n) is 4.01. The Balaban J connectivity index is 1.27. The van der Waals surface area contributed by atoms with Gasteiger partial charge in [0.25, 0.3) is 5.91 Å². The second kappa shape index (κ2) is 8.43. The highest BCUT2D eigenvalue weighted by Crippen LogP contribution is 2.36. The first-order valence-electron chi connectivity index (χ1n) is 10.3. The average molecular weight is 431 g/mol. The number of carbonyl (C=O) groups excluding carboxylic acids is 1. The summed E-state index contributed by atoms with van der Waals surface area (Å²) in [6, 6.07) is 19.5. The summed E-state index contributed by atoms with van der Waals surface area (Å²) in [7, 11) is 1.66. The van der Waals surface area contributed by atoms with E-state index in [9.17, 15) is 4.79 Å². The summed E-state index contributed by atoms with van der Waals surface area (Å²) in [5.41, 5.74) is 2.32. The van der Waals surface area contributed by atoms with Crippen molar-refractivity contribution in [2.45, 2.75) is 18.8 Å². The van der Waals surface area contributed by atoms with Crippen LogP contribution in [0.25, 0.3) is 21.5 Å². The molecule has 2 aromatic carbocycles. The standard InChI is InChI=1S/C24H22N4O2S/c1-30-21-9-5-3-7-18(21)23-27-26-22(31-23)17-12-14-28(15-13-17)24(29)20-11-10-16-6-2-4-8-19(16)25-20/h2-11,17H,12-15H2,1H3. The Kier molecular flexibility index (Phi) is 5.34. The molecule has 156 valence electrons. The summed E-state index contributed by atoms with van der Waals surface area (Å²) < 4.78 is 5.45. The molecular formula is C24H22N4O2S. The molecule has 6 nitrogen and oxygen atoms in total. The normalized spacial score (nSPS) is 14.7. The Morgan fingerprint density at radius 1 is 1.00 bits per heavy atom. The van der Waals surface area contributed by atoms with E-state index in [-0.39, 0.29) is 5.91 Å². The van der Waals surface area contributed by atoms with Gasteiger partial charge in [0.15, 0.2) is 5.01 Å². The van der Waals surface area contributed by atoms with Crippen LogP contribution in [-0.2, 0) is 0 Å². The van der Waals surface area contributed by atoms with Gasteiger partial charge in [-0.05, 0) is 37.1 Å². The predicted octanol–water partition coefficient (Wildman–Crippen LogP) is 4.78. The fourth-order valence-corrected chi connectivity index (χ4v) is 5.05. The molecule has 7 heteroatoms. The molecule has 0 saturated carbocycles. The van der Waals surface area contributed by atoms with Crippen LogP contribution < -0.4 is 4.74 Å². The second-order valence-electron chi connectivity index (χ2n) is 7.60. The molecule has 0 aliphatic carbocycles. The zero-order chi connectivity index (χ0) is 21.2. The van der Waals surface area contributed by atoms with Crippen LogP contribution in [0.1, 0.15) is 34.3 Å². The number of carbonyl (C=O) groups is 1. The molecule has 1 fully saturated rings. The third-order valence-corrected chi connectivity index (χ3v) is 6.85. The lowest BCUT2D eigenvalue weighted by molar-refractivity contribution is 0.0707. The quantitative estimate of drug-likeness (QED) is 0.466. The van der Waals surface area contributed by atoms with Crippen molar-refractivity contribution in [3.63, 3.8) is 0 Å². The van der Waals surface area contributed by atoms with Crippen molar-refractivity contribution in [2.75, 3.05) is 20.2 Å². The van der Waals surface area contributed by atoms with Gasteiger partial charge in [-0.3, -0.25) is 4.79 Å². The van der Waals surface area contributed by atoms with Gasteiger partial charge in [-0.25, -0.2) is 4.98 Å². The summed E-state index contributed by atoms with van der Waals surface area (Å²) in [4.78, 5) is 19.4. The average Bonchev–Trinajstić information content (AvgIpc) is 3.33. The fraction of sp³-hybridized carbons (Fsp3) is 0.250. The molecule has 1 aliphatic heterocycles. The third kappa shape index (κ3) is 3.88. The van der Waals surface area contributed by atoms with Gasteiger partial charge in [-0.2, -0.15) is 0 Å². The Hall–Kier alpha value is -3.32. The minimum absolute atomic E-state index is 0.00354. The topological polar surface area (TPSA) is 68.2 Å². The molecule has 0 bridgehead atoms. The van der Waals surface area contributed by atoms with E-state index in [0.29, 0.717) is 24.7 Å². The number of methoxy groups -OCH3 is 1. The molecule has 5 rings (SSSR count). The van der Waals surface area contributed by atoms with E-state index in [4.69, 9.17) is 4.74 Å². The predicted molar refractivity (Wildman–Crippen MR) is 122 cm³/mol. The smallest absolute Gasteiger partial charge is 0.272 e. The molecule has 2 aromatic heterocycles. The zero-order valence-corrected chi connectivity index (χ0v) is 18.0. The molecule has 4 aromatic rings. The molecule has 0 radical (unpaired) electrons. The first-order chi connectivity index (χ1) is 15.2. The van der Waals surface area contributed by atoms with Gasteiger partial charge in [0, 0.05) is 24.4 Å². The zero-order valence-electron chi connectivity index (χ0n) is 17.2. The maximum Gasteiger partial charge on any atom is 0.272 e. The van der Waals surface area contributed by atoms with Crippen LogP contribution in [0.4, 0.5) is 0 Å². The van der Waals surface area contributed by atoms with E-state index < -0.39 is 0 Å². The third-order valence-electron chi connectivity index (χ3n) is 5.73. The number of piperidine rings is 1. The van der Waals surface area contributed by atoms with Crippen LogP contribution >= 0.6 is 11.3 Å². The van der Waals surface area contributed by atoms with Crippen molar-refractivity contribution in [3.05, 3.63) is 71.4 Å². The van der Waals surface area contributed by atoms with Gasteiger partial charge < -0.3 is 9.64 Å². The highest BCUT2D eigenvalue weighted by atomic mass is 32.1. The van der Waals surface area contributed by atoms with Crippen LogP contribution in [0.2, 0.25) is 0 Å². The largest absolute Gasteiger partial charge is 0.496 e. The first-order valence-corrected chi connectivity index (χ1v) is 11.2. The number of rotatable bonds is 4. The van der Waals surface area contributed by atoms with Crippen molar-refractivity contribution in [1.82, 2.24) is 20.1 Å². The second-order valence-corrected chi connectivity index (χ2v) is 8.61. The van der Waals surface area contributed by atoms with Crippen LogP contribution in [-0.4, -0.2) is 46.2 Å². The molecule has 1 saturated heterocycles. The Labute approximate surface area is 184 Å². The number of pyridine rings is 1. The van der Waals surface area contributed by atoms with Crippen LogP contribution in [0.15, 0.2) is 60.7 Å². The van der Waals surface area contributed by atoms with E-state index in [1.165, 1.54) is 0 Å². The van der Waals surface area contributed by atoms with Crippen molar-refractivity contribution in [3.8, 4) is 16.3 Å². The lowest BCUT2D eigenvalue weighted by Crippen LogP contribution is -2.38. The van der Waals surface area contributed by atoms with Gasteiger partial charge >= 0.3 is 0 Å². The van der Waals surface area contributed by atoms with Crippen LogP contribution in [0, 0.1) is 0 Å².